The molecule has 2 atom stereocenters. The summed E-state index contributed by atoms with van der Waals surface area (Å²) in [5.41, 5.74) is -0.0950. The van der Waals surface area contributed by atoms with E-state index >= 15 is 0 Å². The van der Waals surface area contributed by atoms with Crippen molar-refractivity contribution >= 4 is 17.5 Å². The van der Waals surface area contributed by atoms with Crippen molar-refractivity contribution in [1.29, 1.82) is 0 Å². The monoisotopic (exact) mass is 428 g/mol. The van der Waals surface area contributed by atoms with Crippen molar-refractivity contribution < 1.29 is 27.5 Å². The number of anilines is 1. The summed E-state index contributed by atoms with van der Waals surface area (Å²) in [5.74, 6) is -1.89. The number of alkyl halides is 2. The molecule has 2 bridgehead atoms. The van der Waals surface area contributed by atoms with Crippen molar-refractivity contribution in [3.05, 3.63) is 24.0 Å². The molecule has 2 fully saturated rings. The lowest BCUT2D eigenvalue weighted by Gasteiger charge is -2.34. The number of fused-ring (bicyclic) bond motifs is 2. The Morgan fingerprint density at radius 3 is 2.27 bits per heavy atom. The maximum Gasteiger partial charge on any atom is 0.387 e. The number of carbonyl (C=O) groups excluding carboxylic acids is 2. The second-order valence-electron chi connectivity index (χ2n) is 8.77. The third-order valence-electron chi connectivity index (χ3n) is 5.11. The van der Waals surface area contributed by atoms with Crippen LogP contribution in [0.2, 0.25) is 0 Å². The van der Waals surface area contributed by atoms with E-state index in [1.807, 2.05) is 25.7 Å². The average molecular weight is 428 g/mol. The summed E-state index contributed by atoms with van der Waals surface area (Å²) in [4.78, 5) is 28.7. The van der Waals surface area contributed by atoms with Gasteiger partial charge in [-0.1, -0.05) is 0 Å². The van der Waals surface area contributed by atoms with Crippen molar-refractivity contribution in [2.75, 3.05) is 31.5 Å². The number of rotatable bonds is 7. The Morgan fingerprint density at radius 2 is 1.73 bits per heavy atom. The SMILES string of the molecule is CC(C)(C)NC(=O)CN1C[C@H]2C[C@@H]1CN2CC(=O)Nc1ccc(F)c(OC(F)F)c1. The van der Waals surface area contributed by atoms with E-state index in [1.165, 1.54) is 6.07 Å². The van der Waals surface area contributed by atoms with E-state index in [9.17, 15) is 22.8 Å². The fourth-order valence-electron chi connectivity index (χ4n) is 4.01. The summed E-state index contributed by atoms with van der Waals surface area (Å²) in [6.45, 7) is 4.50. The Kier molecular flexibility index (Phi) is 6.56. The van der Waals surface area contributed by atoms with Gasteiger partial charge in [-0.15, -0.1) is 0 Å². The Bertz CT molecular complexity index is 800. The number of piperazine rings is 1. The van der Waals surface area contributed by atoms with Gasteiger partial charge in [-0.2, -0.15) is 8.78 Å². The highest BCUT2D eigenvalue weighted by molar-refractivity contribution is 5.92. The van der Waals surface area contributed by atoms with Gasteiger partial charge in [-0.3, -0.25) is 19.4 Å². The van der Waals surface area contributed by atoms with Gasteiger partial charge in [0, 0.05) is 42.5 Å². The van der Waals surface area contributed by atoms with Crippen LogP contribution in [0.3, 0.4) is 0 Å². The third-order valence-corrected chi connectivity index (χ3v) is 5.11. The van der Waals surface area contributed by atoms with Crippen LogP contribution in [-0.2, 0) is 9.59 Å². The van der Waals surface area contributed by atoms with Gasteiger partial charge in [0.2, 0.25) is 11.8 Å². The second-order valence-corrected chi connectivity index (χ2v) is 8.77. The molecule has 166 valence electrons. The standard InChI is InChI=1S/C20H27F3N4O3/c1-20(2,3)25-18(29)11-27-9-13-7-14(27)8-26(13)10-17(28)24-12-4-5-15(21)16(6-12)30-19(22)23/h4-6,13-14,19H,7-11H2,1-3H3,(H,24,28)(H,25,29)/t13-,14-/m1/s1. The normalized spacial score (nSPS) is 21.8. The molecule has 0 unspecified atom stereocenters. The first-order valence-electron chi connectivity index (χ1n) is 9.83. The van der Waals surface area contributed by atoms with Crippen LogP contribution in [0.15, 0.2) is 18.2 Å². The second kappa shape index (κ2) is 8.81. The summed E-state index contributed by atoms with van der Waals surface area (Å²) in [7, 11) is 0. The van der Waals surface area contributed by atoms with Gasteiger partial charge in [-0.05, 0) is 39.3 Å². The molecular formula is C20H27F3N4O3. The fraction of sp³-hybridized carbons (Fsp3) is 0.600. The van der Waals surface area contributed by atoms with Gasteiger partial charge < -0.3 is 15.4 Å². The maximum absolute atomic E-state index is 13.5. The molecule has 0 radical (unpaired) electrons. The minimum atomic E-state index is -3.15. The number of ether oxygens (including phenoxy) is 1. The van der Waals surface area contributed by atoms with E-state index in [0.29, 0.717) is 19.6 Å². The van der Waals surface area contributed by atoms with Crippen molar-refractivity contribution in [3.8, 4) is 5.75 Å². The van der Waals surface area contributed by atoms with Crippen molar-refractivity contribution in [3.63, 3.8) is 0 Å². The lowest BCUT2D eigenvalue weighted by Crippen LogP contribution is -2.52. The lowest BCUT2D eigenvalue weighted by molar-refractivity contribution is -0.124. The minimum Gasteiger partial charge on any atom is -0.432 e. The highest BCUT2D eigenvalue weighted by atomic mass is 19.3. The summed E-state index contributed by atoms with van der Waals surface area (Å²) < 4.78 is 42.3. The van der Waals surface area contributed by atoms with E-state index in [4.69, 9.17) is 0 Å². The zero-order valence-corrected chi connectivity index (χ0v) is 17.3. The Morgan fingerprint density at radius 1 is 1.13 bits per heavy atom. The molecule has 1 aromatic rings. The molecule has 0 saturated carbocycles. The number of hydrogen-bond acceptors (Lipinski definition) is 5. The smallest absolute Gasteiger partial charge is 0.387 e. The number of nitrogens with zero attached hydrogens (tertiary/aromatic N) is 2. The van der Waals surface area contributed by atoms with Crippen molar-refractivity contribution in [1.82, 2.24) is 15.1 Å². The largest absolute Gasteiger partial charge is 0.432 e. The van der Waals surface area contributed by atoms with Crippen LogP contribution < -0.4 is 15.4 Å². The van der Waals surface area contributed by atoms with E-state index < -0.39 is 18.2 Å². The number of amides is 2. The van der Waals surface area contributed by atoms with Crippen molar-refractivity contribution in [2.45, 2.75) is 51.4 Å². The van der Waals surface area contributed by atoms with Gasteiger partial charge in [0.15, 0.2) is 11.6 Å². The zero-order valence-electron chi connectivity index (χ0n) is 17.3. The molecule has 30 heavy (non-hydrogen) atoms. The molecule has 2 aliphatic rings. The molecule has 2 heterocycles. The molecule has 1 aromatic carbocycles. The van der Waals surface area contributed by atoms with Crippen LogP contribution >= 0.6 is 0 Å². The molecule has 0 spiro atoms. The van der Waals surface area contributed by atoms with E-state index in [2.05, 4.69) is 20.3 Å². The van der Waals surface area contributed by atoms with Crippen LogP contribution in [0.1, 0.15) is 27.2 Å². The number of carbonyl (C=O) groups is 2. The van der Waals surface area contributed by atoms with E-state index in [1.54, 1.807) is 0 Å². The molecule has 2 saturated heterocycles. The van der Waals surface area contributed by atoms with Gasteiger partial charge in [-0.25, -0.2) is 4.39 Å². The first-order chi connectivity index (χ1) is 14.0. The molecular weight excluding hydrogens is 401 g/mol. The molecule has 2 amide bonds. The minimum absolute atomic E-state index is 0.0162. The number of nitrogens with one attached hydrogen (secondary N) is 2. The van der Waals surface area contributed by atoms with Gasteiger partial charge in [0.25, 0.3) is 0 Å². The molecule has 0 aromatic heterocycles. The van der Waals surface area contributed by atoms with Crippen LogP contribution in [0.4, 0.5) is 18.9 Å². The summed E-state index contributed by atoms with van der Waals surface area (Å²) in [6, 6.07) is 3.67. The Balaban J connectivity index is 1.49. The van der Waals surface area contributed by atoms with Gasteiger partial charge in [0.05, 0.1) is 13.1 Å². The summed E-state index contributed by atoms with van der Waals surface area (Å²) >= 11 is 0. The number of likely N-dealkylation sites (tertiary alicyclic amines) is 2. The Labute approximate surface area is 173 Å². The maximum atomic E-state index is 13.5. The zero-order chi connectivity index (χ0) is 22.1. The lowest BCUT2D eigenvalue weighted by atomic mass is 10.1. The van der Waals surface area contributed by atoms with Crippen LogP contribution in [0, 0.1) is 5.82 Å². The number of benzene rings is 1. The molecule has 2 aliphatic heterocycles. The van der Waals surface area contributed by atoms with Crippen LogP contribution in [0.25, 0.3) is 0 Å². The van der Waals surface area contributed by atoms with Crippen LogP contribution in [-0.4, -0.2) is 72.0 Å². The summed E-state index contributed by atoms with van der Waals surface area (Å²) in [6.07, 6.45) is 0.888. The fourth-order valence-corrected chi connectivity index (χ4v) is 4.01. The topological polar surface area (TPSA) is 73.9 Å². The average Bonchev–Trinajstić information content (AvgIpc) is 3.15. The number of halogens is 3. The molecule has 0 aliphatic carbocycles. The van der Waals surface area contributed by atoms with E-state index in [0.717, 1.165) is 18.6 Å². The summed E-state index contributed by atoms with van der Waals surface area (Å²) in [5, 5.41) is 5.54. The van der Waals surface area contributed by atoms with Gasteiger partial charge in [0.1, 0.15) is 0 Å². The van der Waals surface area contributed by atoms with E-state index in [-0.39, 0.29) is 41.7 Å². The molecule has 3 rings (SSSR count). The molecule has 2 N–H and O–H groups in total. The first-order valence-corrected chi connectivity index (χ1v) is 9.83. The first kappa shape index (κ1) is 22.4. The highest BCUT2D eigenvalue weighted by Crippen LogP contribution is 2.30. The Hall–Kier alpha value is -2.33. The quantitative estimate of drug-likeness (QED) is 0.696. The predicted molar refractivity (Wildman–Crippen MR) is 105 cm³/mol. The molecule has 10 heteroatoms. The highest BCUT2D eigenvalue weighted by Gasteiger charge is 2.44. The van der Waals surface area contributed by atoms with Crippen LogP contribution in [0.5, 0.6) is 5.75 Å². The molecule has 7 nitrogen and oxygen atoms in total. The predicted octanol–water partition coefficient (Wildman–Crippen LogP) is 2.04. The number of hydrogen-bond donors (Lipinski definition) is 2. The third kappa shape index (κ3) is 5.85. The van der Waals surface area contributed by atoms with Gasteiger partial charge >= 0.3 is 6.61 Å². The van der Waals surface area contributed by atoms with Crippen molar-refractivity contribution in [2.24, 2.45) is 0 Å².